The van der Waals surface area contributed by atoms with Crippen LogP contribution in [0.2, 0.25) is 0 Å². The molecule has 0 heterocycles. The van der Waals surface area contributed by atoms with Crippen molar-refractivity contribution in [1.29, 1.82) is 0 Å². The lowest BCUT2D eigenvalue weighted by Crippen LogP contribution is -2.16. The van der Waals surface area contributed by atoms with Crippen molar-refractivity contribution >= 4 is 39.0 Å². The zero-order valence-electron chi connectivity index (χ0n) is 12.2. The van der Waals surface area contributed by atoms with Crippen molar-refractivity contribution in [2.75, 3.05) is 17.2 Å². The van der Waals surface area contributed by atoms with Gasteiger partial charge in [0.25, 0.3) is 0 Å². The first-order valence-electron chi connectivity index (χ1n) is 6.95. The molecule has 0 aliphatic heterocycles. The zero-order chi connectivity index (χ0) is 15.9. The molecule has 0 spiro atoms. The topological polar surface area (TPSA) is 58.2 Å². The predicted octanol–water partition coefficient (Wildman–Crippen LogP) is 4.09. The summed E-state index contributed by atoms with van der Waals surface area (Å²) in [5.41, 5.74) is 2.25. The van der Waals surface area contributed by atoms with Gasteiger partial charge in [-0.05, 0) is 37.3 Å². The van der Waals surface area contributed by atoms with E-state index in [1.54, 1.807) is 12.1 Å². The fourth-order valence-corrected chi connectivity index (χ4v) is 2.36. The summed E-state index contributed by atoms with van der Waals surface area (Å²) in [4.78, 5) is 23.2. The highest BCUT2D eigenvalue weighted by Crippen LogP contribution is 2.16. The van der Waals surface area contributed by atoms with Crippen molar-refractivity contribution in [2.24, 2.45) is 0 Å². The second-order valence-corrected chi connectivity index (χ2v) is 5.79. The number of anilines is 2. The SMILES string of the molecule is CC(=O)c1cccc(NCCC(=O)Nc2cccc(Br)c2)c1. The number of nitrogens with one attached hydrogen (secondary N) is 2. The summed E-state index contributed by atoms with van der Waals surface area (Å²) in [5, 5.41) is 5.98. The molecule has 0 aromatic heterocycles. The number of benzene rings is 2. The Hall–Kier alpha value is -2.14. The molecule has 114 valence electrons. The number of carbonyl (C=O) groups is 2. The van der Waals surface area contributed by atoms with Gasteiger partial charge in [-0.1, -0.05) is 34.1 Å². The van der Waals surface area contributed by atoms with Gasteiger partial charge in [0, 0.05) is 34.4 Å². The largest absolute Gasteiger partial charge is 0.385 e. The fourth-order valence-electron chi connectivity index (χ4n) is 1.96. The number of carbonyl (C=O) groups excluding carboxylic acids is 2. The van der Waals surface area contributed by atoms with Crippen molar-refractivity contribution in [3.63, 3.8) is 0 Å². The van der Waals surface area contributed by atoms with E-state index >= 15 is 0 Å². The fraction of sp³-hybridized carbons (Fsp3) is 0.176. The molecule has 0 fully saturated rings. The molecule has 0 aliphatic rings. The molecular weight excluding hydrogens is 344 g/mol. The normalized spacial score (nSPS) is 10.1. The van der Waals surface area contributed by atoms with Crippen molar-refractivity contribution < 1.29 is 9.59 Å². The average Bonchev–Trinajstić information content (AvgIpc) is 2.47. The summed E-state index contributed by atoms with van der Waals surface area (Å²) < 4.78 is 0.921. The van der Waals surface area contributed by atoms with E-state index in [-0.39, 0.29) is 11.7 Å². The van der Waals surface area contributed by atoms with Crippen LogP contribution in [0.4, 0.5) is 11.4 Å². The number of hydrogen-bond donors (Lipinski definition) is 2. The maximum absolute atomic E-state index is 11.9. The lowest BCUT2D eigenvalue weighted by Gasteiger charge is -2.08. The van der Waals surface area contributed by atoms with E-state index in [2.05, 4.69) is 26.6 Å². The number of ketones is 1. The lowest BCUT2D eigenvalue weighted by molar-refractivity contribution is -0.115. The number of amides is 1. The van der Waals surface area contributed by atoms with Gasteiger partial charge in [-0.15, -0.1) is 0 Å². The Labute approximate surface area is 138 Å². The molecule has 0 saturated carbocycles. The van der Waals surface area contributed by atoms with E-state index < -0.39 is 0 Å². The summed E-state index contributed by atoms with van der Waals surface area (Å²) >= 11 is 3.36. The van der Waals surface area contributed by atoms with Crippen LogP contribution in [0.5, 0.6) is 0 Å². The Morgan fingerprint density at radius 1 is 1.05 bits per heavy atom. The number of rotatable bonds is 6. The summed E-state index contributed by atoms with van der Waals surface area (Å²) in [6.07, 6.45) is 0.344. The molecular formula is C17H17BrN2O2. The van der Waals surface area contributed by atoms with Crippen LogP contribution in [0, 0.1) is 0 Å². The maximum atomic E-state index is 11.9. The molecule has 2 N–H and O–H groups in total. The standard InChI is InChI=1S/C17H17BrN2O2/c1-12(21)13-4-2-6-15(10-13)19-9-8-17(22)20-16-7-3-5-14(18)11-16/h2-7,10-11,19H,8-9H2,1H3,(H,20,22). The molecule has 2 rings (SSSR count). The molecule has 5 heteroatoms. The smallest absolute Gasteiger partial charge is 0.226 e. The van der Waals surface area contributed by atoms with Crippen molar-refractivity contribution in [3.05, 3.63) is 58.6 Å². The van der Waals surface area contributed by atoms with E-state index in [0.717, 1.165) is 15.8 Å². The molecule has 0 unspecified atom stereocenters. The quantitative estimate of drug-likeness (QED) is 0.762. The van der Waals surface area contributed by atoms with Crippen LogP contribution in [-0.4, -0.2) is 18.2 Å². The van der Waals surface area contributed by atoms with E-state index in [4.69, 9.17) is 0 Å². The molecule has 22 heavy (non-hydrogen) atoms. The number of halogens is 1. The molecule has 2 aromatic carbocycles. The Morgan fingerprint density at radius 2 is 1.77 bits per heavy atom. The molecule has 0 radical (unpaired) electrons. The summed E-state index contributed by atoms with van der Waals surface area (Å²) in [7, 11) is 0. The van der Waals surface area contributed by atoms with Gasteiger partial charge in [-0.3, -0.25) is 9.59 Å². The lowest BCUT2D eigenvalue weighted by atomic mass is 10.1. The Morgan fingerprint density at radius 3 is 2.50 bits per heavy atom. The molecule has 1 amide bonds. The van der Waals surface area contributed by atoms with Crippen LogP contribution in [0.15, 0.2) is 53.0 Å². The predicted molar refractivity (Wildman–Crippen MR) is 92.3 cm³/mol. The molecule has 0 saturated heterocycles. The van der Waals surface area contributed by atoms with Crippen LogP contribution in [-0.2, 0) is 4.79 Å². The van der Waals surface area contributed by atoms with Crippen LogP contribution >= 0.6 is 15.9 Å². The maximum Gasteiger partial charge on any atom is 0.226 e. The van der Waals surface area contributed by atoms with E-state index in [1.807, 2.05) is 36.4 Å². The highest BCUT2D eigenvalue weighted by Gasteiger charge is 2.04. The first kappa shape index (κ1) is 16.2. The Kier molecular flexibility index (Phi) is 5.72. The second kappa shape index (κ2) is 7.75. The van der Waals surface area contributed by atoms with Crippen LogP contribution in [0.1, 0.15) is 23.7 Å². The highest BCUT2D eigenvalue weighted by atomic mass is 79.9. The minimum Gasteiger partial charge on any atom is -0.385 e. The molecule has 0 atom stereocenters. The molecule has 2 aromatic rings. The van der Waals surface area contributed by atoms with Crippen molar-refractivity contribution in [1.82, 2.24) is 0 Å². The monoisotopic (exact) mass is 360 g/mol. The average molecular weight is 361 g/mol. The third kappa shape index (κ3) is 5.00. The van der Waals surface area contributed by atoms with Gasteiger partial charge in [0.05, 0.1) is 0 Å². The summed E-state index contributed by atoms with van der Waals surface area (Å²) in [5.74, 6) is -0.0376. The van der Waals surface area contributed by atoms with Crippen LogP contribution < -0.4 is 10.6 Å². The van der Waals surface area contributed by atoms with E-state index in [1.165, 1.54) is 6.92 Å². The number of hydrogen-bond acceptors (Lipinski definition) is 3. The van der Waals surface area contributed by atoms with Crippen LogP contribution in [0.25, 0.3) is 0 Å². The van der Waals surface area contributed by atoms with Gasteiger partial charge < -0.3 is 10.6 Å². The van der Waals surface area contributed by atoms with E-state index in [9.17, 15) is 9.59 Å². The third-order valence-electron chi connectivity index (χ3n) is 3.06. The zero-order valence-corrected chi connectivity index (χ0v) is 13.8. The second-order valence-electron chi connectivity index (χ2n) is 4.87. The van der Waals surface area contributed by atoms with Gasteiger partial charge in [0.15, 0.2) is 5.78 Å². The van der Waals surface area contributed by atoms with Gasteiger partial charge in [0.1, 0.15) is 0 Å². The highest BCUT2D eigenvalue weighted by molar-refractivity contribution is 9.10. The summed E-state index contributed by atoms with van der Waals surface area (Å²) in [6, 6.07) is 14.7. The van der Waals surface area contributed by atoms with Gasteiger partial charge in [-0.25, -0.2) is 0 Å². The first-order valence-corrected chi connectivity index (χ1v) is 7.74. The van der Waals surface area contributed by atoms with Gasteiger partial charge in [0.2, 0.25) is 5.91 Å². The molecule has 0 bridgehead atoms. The molecule has 4 nitrogen and oxygen atoms in total. The first-order chi connectivity index (χ1) is 10.5. The minimum absolute atomic E-state index is 0.0241. The Bertz CT molecular complexity index is 686. The van der Waals surface area contributed by atoms with Crippen LogP contribution in [0.3, 0.4) is 0 Å². The number of Topliss-reactive ketones (excluding diaryl/α,β-unsaturated/α-hetero) is 1. The van der Waals surface area contributed by atoms with Gasteiger partial charge >= 0.3 is 0 Å². The Balaban J connectivity index is 1.82. The minimum atomic E-state index is -0.0617. The van der Waals surface area contributed by atoms with Crippen molar-refractivity contribution in [3.8, 4) is 0 Å². The van der Waals surface area contributed by atoms with Gasteiger partial charge in [-0.2, -0.15) is 0 Å². The van der Waals surface area contributed by atoms with E-state index in [0.29, 0.717) is 18.5 Å². The third-order valence-corrected chi connectivity index (χ3v) is 3.55. The summed E-state index contributed by atoms with van der Waals surface area (Å²) in [6.45, 7) is 2.03. The molecule has 0 aliphatic carbocycles. The van der Waals surface area contributed by atoms with Crippen molar-refractivity contribution in [2.45, 2.75) is 13.3 Å².